The quantitative estimate of drug-likeness (QED) is 0.161. The molecule has 42 heavy (non-hydrogen) atoms. The van der Waals surface area contributed by atoms with E-state index in [1.54, 1.807) is 38.2 Å². The van der Waals surface area contributed by atoms with Crippen LogP contribution in [0.15, 0.2) is 71.6 Å². The predicted molar refractivity (Wildman–Crippen MR) is 169 cm³/mol. The van der Waals surface area contributed by atoms with Crippen molar-refractivity contribution >= 4 is 23.6 Å². The van der Waals surface area contributed by atoms with Crippen LogP contribution in [0.3, 0.4) is 0 Å². The molecule has 2 amide bonds. The summed E-state index contributed by atoms with van der Waals surface area (Å²) in [4.78, 5) is 31.4. The summed E-state index contributed by atoms with van der Waals surface area (Å²) in [7, 11) is 6.52. The minimum absolute atomic E-state index is 0.00657. The number of unbranched alkanes of at least 4 members (excludes halogenated alkanes) is 3. The number of nitrogens with zero attached hydrogens (tertiary/aromatic N) is 2. The van der Waals surface area contributed by atoms with Crippen LogP contribution < -0.4 is 14.2 Å². The van der Waals surface area contributed by atoms with Crippen molar-refractivity contribution in [1.29, 1.82) is 0 Å². The van der Waals surface area contributed by atoms with Gasteiger partial charge in [0.15, 0.2) is 11.5 Å². The molecule has 0 spiro atoms. The second kappa shape index (κ2) is 15.0. The highest BCUT2D eigenvalue weighted by molar-refractivity contribution is 7.99. The number of piperazine rings is 1. The molecule has 0 saturated carbocycles. The van der Waals surface area contributed by atoms with E-state index in [0.717, 1.165) is 48.1 Å². The van der Waals surface area contributed by atoms with Crippen LogP contribution >= 0.6 is 11.8 Å². The summed E-state index contributed by atoms with van der Waals surface area (Å²) in [6.45, 7) is 2.46. The Balaban J connectivity index is 1.34. The fourth-order valence-corrected chi connectivity index (χ4v) is 6.34. The largest absolute Gasteiger partial charge is 0.493 e. The number of hydrogen-bond donors (Lipinski definition) is 0. The number of thioether (sulfide) groups is 1. The van der Waals surface area contributed by atoms with Crippen LogP contribution in [0.5, 0.6) is 17.2 Å². The predicted octanol–water partition coefficient (Wildman–Crippen LogP) is 6.33. The SMILES string of the molecule is COc1cc(-c2ccc(CC3C(=O)N(CCCCCCSc4ccccc4)[C@@H](C)C(=O)N3C)cc2)cc(OC)c1OC. The molecule has 1 heterocycles. The standard InChI is InChI=1S/C34H42N2O5S/c1-24-33(37)35(2)29(34(38)36(24)19-11-6-7-12-20-42-28-13-9-8-10-14-28)21-25-15-17-26(18-16-25)27-22-30(39-3)32(41-5)31(23-27)40-4/h8-10,13-18,22-24,29H,6-7,11-12,19-21H2,1-5H3/t24-,29?/m0/s1. The van der Waals surface area contributed by atoms with Crippen molar-refractivity contribution < 1.29 is 23.8 Å². The summed E-state index contributed by atoms with van der Waals surface area (Å²) in [5.41, 5.74) is 2.90. The molecule has 4 rings (SSSR count). The van der Waals surface area contributed by atoms with Crippen molar-refractivity contribution in [1.82, 2.24) is 9.80 Å². The van der Waals surface area contributed by atoms with Crippen molar-refractivity contribution in [2.75, 3.05) is 40.7 Å². The maximum absolute atomic E-state index is 13.6. The van der Waals surface area contributed by atoms with Gasteiger partial charge in [-0.3, -0.25) is 9.59 Å². The maximum atomic E-state index is 13.6. The molecule has 1 aliphatic heterocycles. The van der Waals surface area contributed by atoms with E-state index >= 15 is 0 Å². The van der Waals surface area contributed by atoms with Gasteiger partial charge < -0.3 is 24.0 Å². The number of benzene rings is 3. The van der Waals surface area contributed by atoms with E-state index in [9.17, 15) is 9.59 Å². The van der Waals surface area contributed by atoms with Crippen LogP contribution in [0.2, 0.25) is 0 Å². The lowest BCUT2D eigenvalue weighted by atomic mass is 9.96. The molecule has 0 N–H and O–H groups in total. The van der Waals surface area contributed by atoms with Gasteiger partial charge >= 0.3 is 0 Å². The smallest absolute Gasteiger partial charge is 0.246 e. The third kappa shape index (κ3) is 7.40. The first kappa shape index (κ1) is 31.3. The topological polar surface area (TPSA) is 68.3 Å². The third-order valence-corrected chi connectivity index (χ3v) is 8.99. The summed E-state index contributed by atoms with van der Waals surface area (Å²) in [6.07, 6.45) is 4.67. The molecular weight excluding hydrogens is 548 g/mol. The highest BCUT2D eigenvalue weighted by Gasteiger charge is 2.41. The van der Waals surface area contributed by atoms with E-state index in [1.165, 1.54) is 4.90 Å². The average Bonchev–Trinajstić information content (AvgIpc) is 3.03. The van der Waals surface area contributed by atoms with Crippen molar-refractivity contribution in [2.45, 2.75) is 56.0 Å². The lowest BCUT2D eigenvalue weighted by Gasteiger charge is -2.42. The molecule has 0 aliphatic carbocycles. The van der Waals surface area contributed by atoms with Gasteiger partial charge in [-0.1, -0.05) is 55.3 Å². The fourth-order valence-electron chi connectivity index (χ4n) is 5.41. The average molecular weight is 591 g/mol. The zero-order valence-corrected chi connectivity index (χ0v) is 26.1. The van der Waals surface area contributed by atoms with Gasteiger partial charge in [0.2, 0.25) is 17.6 Å². The summed E-state index contributed by atoms with van der Waals surface area (Å²) >= 11 is 1.88. The van der Waals surface area contributed by atoms with Crippen LogP contribution in [0.4, 0.5) is 0 Å². The Kier molecular flexibility index (Phi) is 11.2. The molecule has 1 aliphatic rings. The van der Waals surface area contributed by atoms with E-state index in [2.05, 4.69) is 24.3 Å². The summed E-state index contributed by atoms with van der Waals surface area (Å²) in [5, 5.41) is 0. The van der Waals surface area contributed by atoms with Crippen LogP contribution in [-0.2, 0) is 16.0 Å². The second-order valence-corrected chi connectivity index (χ2v) is 11.7. The van der Waals surface area contributed by atoms with E-state index in [1.807, 2.05) is 61.2 Å². The second-order valence-electron chi connectivity index (χ2n) is 10.6. The number of rotatable bonds is 14. The molecule has 1 unspecified atom stereocenters. The van der Waals surface area contributed by atoms with E-state index in [4.69, 9.17) is 14.2 Å². The molecule has 0 aromatic heterocycles. The summed E-state index contributed by atoms with van der Waals surface area (Å²) < 4.78 is 16.4. The first-order chi connectivity index (χ1) is 20.4. The molecule has 7 nitrogen and oxygen atoms in total. The van der Waals surface area contributed by atoms with Gasteiger partial charge in [0.1, 0.15) is 12.1 Å². The number of carbonyl (C=O) groups is 2. The van der Waals surface area contributed by atoms with Crippen molar-refractivity contribution in [3.8, 4) is 28.4 Å². The Morgan fingerprint density at radius 1 is 0.762 bits per heavy atom. The van der Waals surface area contributed by atoms with Gasteiger partial charge in [-0.2, -0.15) is 0 Å². The van der Waals surface area contributed by atoms with Crippen molar-refractivity contribution in [3.05, 3.63) is 72.3 Å². The lowest BCUT2D eigenvalue weighted by molar-refractivity contribution is -0.159. The third-order valence-electron chi connectivity index (χ3n) is 7.89. The Labute approximate surface area is 254 Å². The minimum atomic E-state index is -0.511. The van der Waals surface area contributed by atoms with Crippen LogP contribution in [0.1, 0.15) is 38.2 Å². The van der Waals surface area contributed by atoms with E-state index in [0.29, 0.717) is 30.2 Å². The van der Waals surface area contributed by atoms with Crippen molar-refractivity contribution in [2.24, 2.45) is 0 Å². The Morgan fingerprint density at radius 3 is 2.02 bits per heavy atom. The number of likely N-dealkylation sites (N-methyl/N-ethyl adjacent to an activating group) is 1. The van der Waals surface area contributed by atoms with Gasteiger partial charge in [0, 0.05) is 24.9 Å². The summed E-state index contributed by atoms with van der Waals surface area (Å²) in [5.74, 6) is 2.83. The molecule has 0 radical (unpaired) electrons. The number of hydrogen-bond acceptors (Lipinski definition) is 6. The lowest BCUT2D eigenvalue weighted by Crippen LogP contribution is -2.63. The van der Waals surface area contributed by atoms with Crippen LogP contribution in [-0.4, -0.2) is 74.4 Å². The van der Waals surface area contributed by atoms with E-state index in [-0.39, 0.29) is 11.8 Å². The molecule has 224 valence electrons. The van der Waals surface area contributed by atoms with E-state index < -0.39 is 12.1 Å². The molecule has 1 saturated heterocycles. The Morgan fingerprint density at radius 2 is 1.40 bits per heavy atom. The molecule has 3 aromatic carbocycles. The van der Waals surface area contributed by atoms with Gasteiger partial charge in [-0.15, -0.1) is 11.8 Å². The zero-order chi connectivity index (χ0) is 30.1. The molecule has 3 aromatic rings. The molecule has 2 atom stereocenters. The highest BCUT2D eigenvalue weighted by atomic mass is 32.2. The van der Waals surface area contributed by atoms with Gasteiger partial charge in [-0.05, 0) is 66.5 Å². The molecule has 8 heteroatoms. The van der Waals surface area contributed by atoms with Gasteiger partial charge in [-0.25, -0.2) is 0 Å². The Hall–Kier alpha value is -3.65. The number of carbonyl (C=O) groups excluding carboxylic acids is 2. The van der Waals surface area contributed by atoms with Crippen LogP contribution in [0, 0.1) is 0 Å². The summed E-state index contributed by atoms with van der Waals surface area (Å²) in [6, 6.07) is 21.4. The van der Waals surface area contributed by atoms with Gasteiger partial charge in [0.25, 0.3) is 0 Å². The Bertz CT molecular complexity index is 1310. The van der Waals surface area contributed by atoms with Crippen molar-refractivity contribution in [3.63, 3.8) is 0 Å². The number of methoxy groups -OCH3 is 3. The fraction of sp³-hybridized carbons (Fsp3) is 0.412. The molecule has 0 bridgehead atoms. The first-order valence-corrected chi connectivity index (χ1v) is 15.5. The first-order valence-electron chi connectivity index (χ1n) is 14.5. The zero-order valence-electron chi connectivity index (χ0n) is 25.3. The van der Waals surface area contributed by atoms with Crippen LogP contribution in [0.25, 0.3) is 11.1 Å². The minimum Gasteiger partial charge on any atom is -0.493 e. The number of amides is 2. The maximum Gasteiger partial charge on any atom is 0.246 e. The normalized spacial score (nSPS) is 17.0. The molecular formula is C34H42N2O5S. The van der Waals surface area contributed by atoms with Gasteiger partial charge in [0.05, 0.1) is 21.3 Å². The number of ether oxygens (including phenoxy) is 3. The highest BCUT2D eigenvalue weighted by Crippen LogP contribution is 2.41. The molecule has 1 fully saturated rings. The monoisotopic (exact) mass is 590 g/mol.